The van der Waals surface area contributed by atoms with Crippen LogP contribution >= 0.6 is 0 Å². The third-order valence-corrected chi connectivity index (χ3v) is 4.04. The molecule has 1 aliphatic carbocycles. The fourth-order valence-electron chi connectivity index (χ4n) is 2.77. The molecule has 1 fully saturated rings. The Balaban J connectivity index is 2.20. The second-order valence-electron chi connectivity index (χ2n) is 5.39. The highest BCUT2D eigenvalue weighted by Crippen LogP contribution is 2.32. The molecule has 2 N–H and O–H groups in total. The van der Waals surface area contributed by atoms with Gasteiger partial charge in [-0.25, -0.2) is 4.98 Å². The van der Waals surface area contributed by atoms with E-state index in [0.717, 1.165) is 6.54 Å². The average Bonchev–Trinajstić information content (AvgIpc) is 2.80. The second-order valence-corrected chi connectivity index (χ2v) is 5.39. The number of hydrogen-bond donors (Lipinski definition) is 2. The van der Waals surface area contributed by atoms with Crippen LogP contribution in [0.5, 0.6) is 0 Å². The molecule has 20 heavy (non-hydrogen) atoms. The predicted octanol–water partition coefficient (Wildman–Crippen LogP) is 2.58. The lowest BCUT2D eigenvalue weighted by Gasteiger charge is -2.16. The lowest BCUT2D eigenvalue weighted by Crippen LogP contribution is -2.18. The number of nitrogens with one attached hydrogen (secondary N) is 2. The molecule has 0 saturated heterocycles. The number of aromatic nitrogens is 2. The third kappa shape index (κ3) is 2.97. The first-order valence-electron chi connectivity index (χ1n) is 6.97. The van der Waals surface area contributed by atoms with Crippen LogP contribution in [0.4, 0.5) is 17.5 Å². The number of anilines is 2. The van der Waals surface area contributed by atoms with Crippen LogP contribution in [0.25, 0.3) is 0 Å². The molecule has 0 aliphatic heterocycles. The Morgan fingerprint density at radius 2 is 2.15 bits per heavy atom. The lowest BCUT2D eigenvalue weighted by molar-refractivity contribution is -0.385. The minimum atomic E-state index is -0.421. The van der Waals surface area contributed by atoms with Crippen LogP contribution in [0.2, 0.25) is 0 Å². The van der Waals surface area contributed by atoms with Gasteiger partial charge in [-0.1, -0.05) is 19.8 Å². The summed E-state index contributed by atoms with van der Waals surface area (Å²) in [6.07, 6.45) is 3.64. The van der Waals surface area contributed by atoms with E-state index in [1.54, 1.807) is 14.0 Å². The van der Waals surface area contributed by atoms with Gasteiger partial charge >= 0.3 is 5.69 Å². The predicted molar refractivity (Wildman–Crippen MR) is 78.0 cm³/mol. The smallest absolute Gasteiger partial charge is 0.332 e. The van der Waals surface area contributed by atoms with Gasteiger partial charge < -0.3 is 10.6 Å². The lowest BCUT2D eigenvalue weighted by atomic mass is 9.98. The number of aryl methyl sites for hydroxylation is 1. The van der Waals surface area contributed by atoms with Crippen molar-refractivity contribution >= 4 is 17.5 Å². The Kier molecular flexibility index (Phi) is 4.36. The largest absolute Gasteiger partial charge is 0.364 e. The van der Waals surface area contributed by atoms with E-state index in [1.165, 1.54) is 19.3 Å². The minimum absolute atomic E-state index is 0.0327. The molecule has 2 unspecified atom stereocenters. The van der Waals surface area contributed by atoms with Crippen molar-refractivity contribution in [3.05, 3.63) is 15.8 Å². The van der Waals surface area contributed by atoms with E-state index < -0.39 is 4.92 Å². The zero-order valence-corrected chi connectivity index (χ0v) is 12.1. The summed E-state index contributed by atoms with van der Waals surface area (Å²) in [5.74, 6) is 1.93. The molecule has 0 spiro atoms. The van der Waals surface area contributed by atoms with Gasteiger partial charge in [0.2, 0.25) is 11.8 Å². The normalized spacial score (nSPS) is 21.8. The van der Waals surface area contributed by atoms with Gasteiger partial charge in [-0.15, -0.1) is 0 Å². The van der Waals surface area contributed by atoms with Crippen LogP contribution in [-0.4, -0.2) is 28.5 Å². The summed E-state index contributed by atoms with van der Waals surface area (Å²) >= 11 is 0. The summed E-state index contributed by atoms with van der Waals surface area (Å²) in [6, 6.07) is 0. The molecular weight excluding hydrogens is 258 g/mol. The molecule has 1 aromatic rings. The van der Waals surface area contributed by atoms with E-state index in [4.69, 9.17) is 0 Å². The number of nitro groups is 1. The highest BCUT2D eigenvalue weighted by Gasteiger charge is 2.26. The summed E-state index contributed by atoms with van der Waals surface area (Å²) in [6.45, 7) is 4.59. The van der Waals surface area contributed by atoms with Crippen LogP contribution in [0.3, 0.4) is 0 Å². The Labute approximate surface area is 118 Å². The molecule has 2 rings (SSSR count). The Hall–Kier alpha value is -1.92. The Morgan fingerprint density at radius 1 is 1.40 bits per heavy atom. The average molecular weight is 279 g/mol. The fourth-order valence-corrected chi connectivity index (χ4v) is 2.77. The van der Waals surface area contributed by atoms with Crippen LogP contribution in [0.1, 0.15) is 31.9 Å². The zero-order chi connectivity index (χ0) is 14.7. The van der Waals surface area contributed by atoms with Crippen molar-refractivity contribution in [3.8, 4) is 0 Å². The standard InChI is InChI=1S/C13H21N5O2/c1-8-5-4-6-10(8)7-15-12-11(18(19)20)9(2)16-13(14-3)17-12/h8,10H,4-7H2,1-3H3,(H2,14,15,16,17). The molecule has 0 aromatic carbocycles. The fraction of sp³-hybridized carbons (Fsp3) is 0.692. The van der Waals surface area contributed by atoms with Gasteiger partial charge in [-0.3, -0.25) is 10.1 Å². The van der Waals surface area contributed by atoms with E-state index >= 15 is 0 Å². The van der Waals surface area contributed by atoms with E-state index in [0.29, 0.717) is 29.3 Å². The van der Waals surface area contributed by atoms with E-state index in [1.807, 2.05) is 0 Å². The van der Waals surface area contributed by atoms with E-state index in [-0.39, 0.29) is 5.69 Å². The van der Waals surface area contributed by atoms with Gasteiger partial charge in [-0.2, -0.15) is 4.98 Å². The number of nitrogens with zero attached hydrogens (tertiary/aromatic N) is 3. The van der Waals surface area contributed by atoms with Crippen LogP contribution < -0.4 is 10.6 Å². The van der Waals surface area contributed by atoms with Crippen LogP contribution in [0.15, 0.2) is 0 Å². The first-order valence-corrected chi connectivity index (χ1v) is 6.97. The van der Waals surface area contributed by atoms with Crippen molar-refractivity contribution in [3.63, 3.8) is 0 Å². The molecule has 1 saturated carbocycles. The van der Waals surface area contributed by atoms with E-state index in [2.05, 4.69) is 27.5 Å². The molecule has 2 atom stereocenters. The molecule has 0 amide bonds. The maximum absolute atomic E-state index is 11.2. The zero-order valence-electron chi connectivity index (χ0n) is 12.1. The summed E-state index contributed by atoms with van der Waals surface area (Å²) in [5, 5.41) is 17.1. The number of hydrogen-bond acceptors (Lipinski definition) is 6. The van der Waals surface area contributed by atoms with Crippen molar-refractivity contribution in [2.24, 2.45) is 11.8 Å². The number of rotatable bonds is 5. The molecule has 1 heterocycles. The molecule has 0 radical (unpaired) electrons. The van der Waals surface area contributed by atoms with Crippen molar-refractivity contribution in [2.45, 2.75) is 33.1 Å². The summed E-state index contributed by atoms with van der Waals surface area (Å²) in [7, 11) is 1.70. The first kappa shape index (κ1) is 14.5. The quantitative estimate of drug-likeness (QED) is 0.635. The Bertz CT molecular complexity index is 506. The van der Waals surface area contributed by atoms with Crippen molar-refractivity contribution in [1.82, 2.24) is 9.97 Å². The van der Waals surface area contributed by atoms with Crippen LogP contribution in [-0.2, 0) is 0 Å². The molecule has 7 nitrogen and oxygen atoms in total. The maximum atomic E-state index is 11.2. The molecular formula is C13H21N5O2. The highest BCUT2D eigenvalue weighted by molar-refractivity contribution is 5.60. The monoisotopic (exact) mass is 279 g/mol. The first-order chi connectivity index (χ1) is 9.52. The van der Waals surface area contributed by atoms with Crippen molar-refractivity contribution in [2.75, 3.05) is 24.2 Å². The van der Waals surface area contributed by atoms with Gasteiger partial charge in [0.05, 0.1) is 4.92 Å². The molecule has 7 heteroatoms. The highest BCUT2D eigenvalue weighted by atomic mass is 16.6. The molecule has 1 aromatic heterocycles. The third-order valence-electron chi connectivity index (χ3n) is 4.04. The van der Waals surface area contributed by atoms with Gasteiger partial charge in [0.1, 0.15) is 5.69 Å². The van der Waals surface area contributed by atoms with Crippen LogP contribution in [0, 0.1) is 28.9 Å². The van der Waals surface area contributed by atoms with Gasteiger partial charge in [-0.05, 0) is 25.2 Å². The topological polar surface area (TPSA) is 93.0 Å². The molecule has 0 bridgehead atoms. The SMILES string of the molecule is CNc1nc(C)c([N+](=O)[O-])c(NCC2CCCC2C)n1. The summed E-state index contributed by atoms with van der Waals surface area (Å²) in [5.41, 5.74) is 0.339. The minimum Gasteiger partial charge on any atom is -0.364 e. The van der Waals surface area contributed by atoms with Gasteiger partial charge in [0.15, 0.2) is 0 Å². The summed E-state index contributed by atoms with van der Waals surface area (Å²) in [4.78, 5) is 19.0. The Morgan fingerprint density at radius 3 is 2.70 bits per heavy atom. The molecule has 110 valence electrons. The second kappa shape index (κ2) is 6.02. The molecule has 1 aliphatic rings. The van der Waals surface area contributed by atoms with Crippen molar-refractivity contribution in [1.29, 1.82) is 0 Å². The maximum Gasteiger partial charge on any atom is 0.332 e. The van der Waals surface area contributed by atoms with Gasteiger partial charge in [0.25, 0.3) is 0 Å². The van der Waals surface area contributed by atoms with E-state index in [9.17, 15) is 10.1 Å². The summed E-state index contributed by atoms with van der Waals surface area (Å²) < 4.78 is 0. The van der Waals surface area contributed by atoms with Gasteiger partial charge in [0, 0.05) is 13.6 Å². The van der Waals surface area contributed by atoms with Crippen molar-refractivity contribution < 1.29 is 4.92 Å².